The third kappa shape index (κ3) is 3.81. The lowest BCUT2D eigenvalue weighted by molar-refractivity contribution is -0.182. The molecule has 3 atom stereocenters. The van der Waals surface area contributed by atoms with Gasteiger partial charge in [-0.3, -0.25) is 0 Å². The summed E-state index contributed by atoms with van der Waals surface area (Å²) in [5, 5.41) is 0. The van der Waals surface area contributed by atoms with Gasteiger partial charge in [0.05, 0.1) is 13.2 Å². The summed E-state index contributed by atoms with van der Waals surface area (Å²) in [5.74, 6) is -0.591. The second-order valence-corrected chi connectivity index (χ2v) is 8.60. The molecule has 0 spiro atoms. The van der Waals surface area contributed by atoms with Gasteiger partial charge in [-0.25, -0.2) is 0 Å². The monoisotopic (exact) mass is 416 g/mol. The highest BCUT2D eigenvalue weighted by Gasteiger charge is 2.51. The summed E-state index contributed by atoms with van der Waals surface area (Å²) in [6, 6.07) is 31.1. The van der Waals surface area contributed by atoms with Crippen molar-refractivity contribution in [3.8, 4) is 0 Å². The van der Waals surface area contributed by atoms with Crippen LogP contribution in [0.4, 0.5) is 0 Å². The average molecular weight is 417 g/mol. The lowest BCUT2D eigenvalue weighted by atomic mass is 9.80. The van der Waals surface area contributed by atoms with Gasteiger partial charge in [0.2, 0.25) is 0 Å². The van der Waals surface area contributed by atoms with E-state index < -0.39 is 11.4 Å². The van der Waals surface area contributed by atoms with E-state index in [-0.39, 0.29) is 18.3 Å². The summed E-state index contributed by atoms with van der Waals surface area (Å²) in [7, 11) is 0. The number of hydrogen-bond acceptors (Lipinski definition) is 4. The van der Waals surface area contributed by atoms with Gasteiger partial charge in [-0.2, -0.15) is 0 Å². The van der Waals surface area contributed by atoms with Gasteiger partial charge in [-0.1, -0.05) is 91.0 Å². The van der Waals surface area contributed by atoms with E-state index in [4.69, 9.17) is 18.9 Å². The predicted molar refractivity (Wildman–Crippen MR) is 119 cm³/mol. The molecule has 2 aliphatic heterocycles. The Balaban J connectivity index is 1.55. The van der Waals surface area contributed by atoms with Crippen LogP contribution in [0.2, 0.25) is 0 Å². The van der Waals surface area contributed by atoms with Crippen molar-refractivity contribution in [3.63, 3.8) is 0 Å². The van der Waals surface area contributed by atoms with Crippen LogP contribution in [0.25, 0.3) is 0 Å². The van der Waals surface area contributed by atoms with Crippen LogP contribution in [0.15, 0.2) is 91.0 Å². The second-order valence-electron chi connectivity index (χ2n) is 8.60. The van der Waals surface area contributed by atoms with E-state index in [1.54, 1.807) is 0 Å². The SMILES string of the molecule is CC1(C)O[C@H]2COC(COC(c3ccccc3)(c3ccccc3)c3ccccc3)[C@H]2O1. The molecule has 0 aromatic heterocycles. The lowest BCUT2D eigenvalue weighted by Crippen LogP contribution is -2.39. The molecule has 3 aromatic rings. The third-order valence-corrected chi connectivity index (χ3v) is 6.07. The molecule has 5 rings (SSSR count). The van der Waals surface area contributed by atoms with Gasteiger partial charge in [0.25, 0.3) is 0 Å². The number of fused-ring (bicyclic) bond motifs is 1. The molecule has 4 nitrogen and oxygen atoms in total. The van der Waals surface area contributed by atoms with Gasteiger partial charge in [-0.05, 0) is 30.5 Å². The molecular formula is C27H28O4. The van der Waals surface area contributed by atoms with Gasteiger partial charge in [0.1, 0.15) is 23.9 Å². The number of ether oxygens (including phenoxy) is 4. The van der Waals surface area contributed by atoms with E-state index in [1.807, 2.05) is 32.0 Å². The Morgan fingerprint density at radius 1 is 0.774 bits per heavy atom. The topological polar surface area (TPSA) is 36.9 Å². The molecule has 4 heteroatoms. The molecule has 0 amide bonds. The minimum Gasteiger partial charge on any atom is -0.370 e. The molecule has 0 N–H and O–H groups in total. The largest absolute Gasteiger partial charge is 0.370 e. The normalized spacial score (nSPS) is 24.8. The van der Waals surface area contributed by atoms with E-state index in [9.17, 15) is 0 Å². The number of benzene rings is 3. The average Bonchev–Trinajstić information content (AvgIpc) is 3.31. The molecule has 0 radical (unpaired) electrons. The van der Waals surface area contributed by atoms with Crippen molar-refractivity contribution >= 4 is 0 Å². The molecule has 3 aromatic carbocycles. The van der Waals surface area contributed by atoms with Crippen molar-refractivity contribution in [1.82, 2.24) is 0 Å². The first kappa shape index (κ1) is 20.4. The molecule has 31 heavy (non-hydrogen) atoms. The van der Waals surface area contributed by atoms with Crippen LogP contribution in [-0.2, 0) is 24.5 Å². The number of hydrogen-bond donors (Lipinski definition) is 0. The molecule has 2 saturated heterocycles. The van der Waals surface area contributed by atoms with E-state index >= 15 is 0 Å². The van der Waals surface area contributed by atoms with Crippen molar-refractivity contribution in [1.29, 1.82) is 0 Å². The summed E-state index contributed by atoms with van der Waals surface area (Å²) in [6.07, 6.45) is -0.375. The third-order valence-electron chi connectivity index (χ3n) is 6.07. The summed E-state index contributed by atoms with van der Waals surface area (Å²) in [4.78, 5) is 0. The van der Waals surface area contributed by atoms with Crippen LogP contribution in [0.5, 0.6) is 0 Å². The maximum Gasteiger partial charge on any atom is 0.164 e. The molecule has 2 heterocycles. The molecule has 0 aliphatic carbocycles. The Morgan fingerprint density at radius 2 is 1.26 bits per heavy atom. The Labute approximate surface area is 183 Å². The first-order valence-electron chi connectivity index (χ1n) is 10.9. The minimum atomic E-state index is -0.764. The van der Waals surface area contributed by atoms with Crippen molar-refractivity contribution in [2.75, 3.05) is 13.2 Å². The fraction of sp³-hybridized carbons (Fsp3) is 0.333. The molecule has 0 bridgehead atoms. The Morgan fingerprint density at radius 3 is 1.74 bits per heavy atom. The fourth-order valence-corrected chi connectivity index (χ4v) is 4.74. The van der Waals surface area contributed by atoms with Gasteiger partial charge < -0.3 is 18.9 Å². The van der Waals surface area contributed by atoms with Crippen LogP contribution in [0.3, 0.4) is 0 Å². The van der Waals surface area contributed by atoms with Crippen LogP contribution in [-0.4, -0.2) is 37.3 Å². The summed E-state index contributed by atoms with van der Waals surface area (Å²) >= 11 is 0. The van der Waals surface area contributed by atoms with Crippen molar-refractivity contribution in [3.05, 3.63) is 108 Å². The highest BCUT2D eigenvalue weighted by molar-refractivity contribution is 5.47. The number of rotatable bonds is 6. The summed E-state index contributed by atoms with van der Waals surface area (Å²) < 4.78 is 25.1. The predicted octanol–water partition coefficient (Wildman–Crippen LogP) is 4.91. The van der Waals surface area contributed by atoms with E-state index in [0.717, 1.165) is 16.7 Å². The second kappa shape index (κ2) is 8.21. The molecule has 160 valence electrons. The smallest absolute Gasteiger partial charge is 0.164 e. The van der Waals surface area contributed by atoms with E-state index in [2.05, 4.69) is 72.8 Å². The van der Waals surface area contributed by atoms with E-state index in [1.165, 1.54) is 0 Å². The Bertz CT molecular complexity index is 891. The first-order chi connectivity index (χ1) is 15.1. The highest BCUT2D eigenvalue weighted by Crippen LogP contribution is 2.42. The molecule has 2 fully saturated rings. The van der Waals surface area contributed by atoms with Crippen molar-refractivity contribution in [2.45, 2.75) is 43.5 Å². The Hall–Kier alpha value is -2.50. The fourth-order valence-electron chi connectivity index (χ4n) is 4.74. The van der Waals surface area contributed by atoms with Crippen LogP contribution < -0.4 is 0 Å². The van der Waals surface area contributed by atoms with Crippen molar-refractivity contribution in [2.24, 2.45) is 0 Å². The molecule has 1 unspecified atom stereocenters. The zero-order chi connectivity index (χ0) is 21.3. The first-order valence-corrected chi connectivity index (χ1v) is 10.9. The maximum absolute atomic E-state index is 6.89. The molecule has 2 aliphatic rings. The molecular weight excluding hydrogens is 388 g/mol. The summed E-state index contributed by atoms with van der Waals surface area (Å²) in [6.45, 7) is 4.81. The lowest BCUT2D eigenvalue weighted by Gasteiger charge is -2.37. The van der Waals surface area contributed by atoms with Crippen LogP contribution >= 0.6 is 0 Å². The zero-order valence-electron chi connectivity index (χ0n) is 17.9. The van der Waals surface area contributed by atoms with Crippen molar-refractivity contribution < 1.29 is 18.9 Å². The standard InChI is InChI=1S/C27H28O4/c1-26(2)30-24-18-28-23(25(24)31-26)19-29-27(20-12-6-3-7-13-20,21-14-8-4-9-15-21)22-16-10-5-11-17-22/h3-17,23-25H,18-19H2,1-2H3/t23?,24-,25+/m0/s1. The highest BCUT2D eigenvalue weighted by atomic mass is 16.8. The summed E-state index contributed by atoms with van der Waals surface area (Å²) in [5.41, 5.74) is 2.46. The van der Waals surface area contributed by atoms with Crippen LogP contribution in [0.1, 0.15) is 30.5 Å². The van der Waals surface area contributed by atoms with Gasteiger partial charge in [0.15, 0.2) is 5.79 Å². The Kier molecular flexibility index (Phi) is 5.40. The molecule has 0 saturated carbocycles. The maximum atomic E-state index is 6.89. The quantitative estimate of drug-likeness (QED) is 0.535. The van der Waals surface area contributed by atoms with Gasteiger partial charge >= 0.3 is 0 Å². The van der Waals surface area contributed by atoms with Gasteiger partial charge in [-0.15, -0.1) is 0 Å². The minimum absolute atomic E-state index is 0.0526. The zero-order valence-corrected chi connectivity index (χ0v) is 17.9. The van der Waals surface area contributed by atoms with E-state index in [0.29, 0.717) is 13.2 Å². The van der Waals surface area contributed by atoms with Crippen LogP contribution in [0, 0.1) is 0 Å². The van der Waals surface area contributed by atoms with Gasteiger partial charge in [0, 0.05) is 0 Å².